The van der Waals surface area contributed by atoms with Crippen molar-refractivity contribution in [2.75, 3.05) is 10.0 Å². The van der Waals surface area contributed by atoms with E-state index in [0.29, 0.717) is 17.2 Å². The molecule has 0 bridgehead atoms. The minimum absolute atomic E-state index is 0.0138. The van der Waals surface area contributed by atoms with Gasteiger partial charge in [0, 0.05) is 23.2 Å². The van der Waals surface area contributed by atoms with Crippen LogP contribution in [0.1, 0.15) is 38.2 Å². The maximum atomic E-state index is 12.3. The van der Waals surface area contributed by atoms with Gasteiger partial charge >= 0.3 is 0 Å². The van der Waals surface area contributed by atoms with E-state index in [1.165, 1.54) is 0 Å². The van der Waals surface area contributed by atoms with Crippen LogP contribution in [0.15, 0.2) is 36.5 Å². The third-order valence-corrected chi connectivity index (χ3v) is 7.60. The van der Waals surface area contributed by atoms with Crippen LogP contribution in [0, 0.1) is 5.92 Å². The molecule has 3 N–H and O–H groups in total. The fourth-order valence-corrected chi connectivity index (χ4v) is 5.12. The van der Waals surface area contributed by atoms with E-state index in [0.717, 1.165) is 54.2 Å². The molecule has 2 fully saturated rings. The topological polar surface area (TPSA) is 104 Å². The number of hydrogen-bond acceptors (Lipinski definition) is 4. The minimum Gasteiger partial charge on any atom is -0.346 e. The van der Waals surface area contributed by atoms with Crippen molar-refractivity contribution >= 4 is 38.5 Å². The summed E-state index contributed by atoms with van der Waals surface area (Å²) in [6.45, 7) is 2.04. The van der Waals surface area contributed by atoms with Gasteiger partial charge in [0.05, 0.1) is 5.25 Å². The number of H-pyrrole nitrogens is 1. The number of pyridine rings is 1. The second kappa shape index (κ2) is 7.12. The Morgan fingerprint density at radius 2 is 1.93 bits per heavy atom. The molecule has 2 aliphatic carbocycles. The average molecular weight is 425 g/mol. The molecule has 3 aromatic rings. The predicted molar refractivity (Wildman–Crippen MR) is 118 cm³/mol. The van der Waals surface area contributed by atoms with Crippen molar-refractivity contribution in [2.24, 2.45) is 5.92 Å². The summed E-state index contributed by atoms with van der Waals surface area (Å²) >= 11 is 0. The molecule has 0 atom stereocenters. The molecule has 30 heavy (non-hydrogen) atoms. The Morgan fingerprint density at radius 3 is 2.63 bits per heavy atom. The van der Waals surface area contributed by atoms with Crippen LogP contribution >= 0.6 is 0 Å². The average Bonchev–Trinajstić information content (AvgIpc) is 3.63. The molecule has 2 saturated carbocycles. The molecular weight excluding hydrogens is 400 g/mol. The number of carbonyl (C=O) groups is 1. The maximum absolute atomic E-state index is 12.3. The predicted octanol–water partition coefficient (Wildman–Crippen LogP) is 4.04. The van der Waals surface area contributed by atoms with Crippen molar-refractivity contribution in [2.45, 2.75) is 44.3 Å². The van der Waals surface area contributed by atoms with Crippen molar-refractivity contribution in [3.05, 3.63) is 42.1 Å². The molecule has 5 rings (SSSR count). The van der Waals surface area contributed by atoms with E-state index < -0.39 is 10.0 Å². The highest BCUT2D eigenvalue weighted by Gasteiger charge is 2.35. The van der Waals surface area contributed by atoms with E-state index in [9.17, 15) is 13.2 Å². The van der Waals surface area contributed by atoms with Gasteiger partial charge in [0.15, 0.2) is 0 Å². The van der Waals surface area contributed by atoms with Crippen LogP contribution in [0.25, 0.3) is 22.2 Å². The first kappa shape index (κ1) is 19.1. The lowest BCUT2D eigenvalue weighted by Crippen LogP contribution is -2.17. The van der Waals surface area contributed by atoms with E-state index in [2.05, 4.69) is 20.0 Å². The Morgan fingerprint density at radius 1 is 1.13 bits per heavy atom. The standard InChI is InChI=1S/C22H24N4O3S/c1-2-13-11-15(26-30(28,29)16-6-7-16)5-8-17(13)19-12-20(25-22(27)14-3-4-14)24-21-18(19)9-10-23-21/h5,8-12,14,16,26H,2-4,6-7H2,1H3,(H2,23,24,25,27). The molecule has 2 heterocycles. The van der Waals surface area contributed by atoms with Gasteiger partial charge < -0.3 is 10.3 Å². The van der Waals surface area contributed by atoms with Crippen molar-refractivity contribution in [3.63, 3.8) is 0 Å². The van der Waals surface area contributed by atoms with Gasteiger partial charge in [0.25, 0.3) is 0 Å². The first-order chi connectivity index (χ1) is 14.4. The zero-order chi connectivity index (χ0) is 20.9. The molecule has 0 radical (unpaired) electrons. The van der Waals surface area contributed by atoms with Gasteiger partial charge in [-0.1, -0.05) is 13.0 Å². The number of nitrogens with one attached hydrogen (secondary N) is 3. The number of sulfonamides is 1. The van der Waals surface area contributed by atoms with Gasteiger partial charge in [-0.25, -0.2) is 13.4 Å². The van der Waals surface area contributed by atoms with Gasteiger partial charge in [-0.05, 0) is 73.1 Å². The van der Waals surface area contributed by atoms with Crippen molar-refractivity contribution in [1.82, 2.24) is 9.97 Å². The molecule has 0 spiro atoms. The molecule has 156 valence electrons. The second-order valence-electron chi connectivity index (χ2n) is 8.13. The summed E-state index contributed by atoms with van der Waals surface area (Å²) in [5, 5.41) is 3.63. The first-order valence-electron chi connectivity index (χ1n) is 10.4. The summed E-state index contributed by atoms with van der Waals surface area (Å²) in [5.74, 6) is 0.636. The second-order valence-corrected chi connectivity index (χ2v) is 10.1. The van der Waals surface area contributed by atoms with E-state index in [1.807, 2.05) is 37.4 Å². The van der Waals surface area contributed by atoms with Gasteiger partial charge in [0.2, 0.25) is 15.9 Å². The Balaban J connectivity index is 1.53. The third-order valence-electron chi connectivity index (χ3n) is 5.73. The fraction of sp³-hybridized carbons (Fsp3) is 0.364. The highest BCUT2D eigenvalue weighted by atomic mass is 32.2. The van der Waals surface area contributed by atoms with E-state index in [-0.39, 0.29) is 17.1 Å². The van der Waals surface area contributed by atoms with E-state index in [1.54, 1.807) is 6.07 Å². The quantitative estimate of drug-likeness (QED) is 0.532. The number of amides is 1. The molecule has 0 aliphatic heterocycles. The number of nitrogens with zero attached hydrogens (tertiary/aromatic N) is 1. The van der Waals surface area contributed by atoms with Gasteiger partial charge in [-0.3, -0.25) is 9.52 Å². The summed E-state index contributed by atoms with van der Waals surface area (Å²) in [6, 6.07) is 9.51. The van der Waals surface area contributed by atoms with Gasteiger partial charge in [0.1, 0.15) is 11.5 Å². The summed E-state index contributed by atoms with van der Waals surface area (Å²) in [4.78, 5) is 19.9. The number of fused-ring (bicyclic) bond motifs is 1. The number of rotatable bonds is 7. The highest BCUT2D eigenvalue weighted by Crippen LogP contribution is 2.36. The number of carbonyl (C=O) groups excluding carboxylic acids is 1. The number of aryl methyl sites for hydroxylation is 1. The Labute approximate surface area is 175 Å². The van der Waals surface area contributed by atoms with Crippen LogP contribution in [0.2, 0.25) is 0 Å². The summed E-state index contributed by atoms with van der Waals surface area (Å²) in [7, 11) is -3.30. The summed E-state index contributed by atoms with van der Waals surface area (Å²) < 4.78 is 27.3. The number of anilines is 2. The van der Waals surface area contributed by atoms with Crippen LogP contribution in [-0.4, -0.2) is 29.5 Å². The Hall–Kier alpha value is -2.87. The smallest absolute Gasteiger partial charge is 0.235 e. The third kappa shape index (κ3) is 3.67. The van der Waals surface area contributed by atoms with Crippen molar-refractivity contribution < 1.29 is 13.2 Å². The van der Waals surface area contributed by atoms with Crippen LogP contribution in [0.3, 0.4) is 0 Å². The van der Waals surface area contributed by atoms with E-state index >= 15 is 0 Å². The summed E-state index contributed by atoms with van der Waals surface area (Å²) in [6.07, 6.45) is 5.89. The molecule has 0 unspecified atom stereocenters. The fourth-order valence-electron chi connectivity index (χ4n) is 3.74. The van der Waals surface area contributed by atoms with Crippen LogP contribution in [-0.2, 0) is 21.2 Å². The molecular formula is C22H24N4O3S. The normalized spacial score (nSPS) is 16.6. The zero-order valence-electron chi connectivity index (χ0n) is 16.7. The van der Waals surface area contributed by atoms with Crippen LogP contribution in [0.5, 0.6) is 0 Å². The Bertz CT molecular complexity index is 1240. The number of aromatic nitrogens is 2. The molecule has 2 aliphatic rings. The van der Waals surface area contributed by atoms with Crippen LogP contribution < -0.4 is 10.0 Å². The highest BCUT2D eigenvalue weighted by molar-refractivity contribution is 7.93. The molecule has 0 saturated heterocycles. The summed E-state index contributed by atoms with van der Waals surface area (Å²) in [5.41, 5.74) is 4.28. The van der Waals surface area contributed by atoms with Crippen molar-refractivity contribution in [3.8, 4) is 11.1 Å². The maximum Gasteiger partial charge on any atom is 0.235 e. The first-order valence-corrected chi connectivity index (χ1v) is 11.9. The molecule has 8 heteroatoms. The van der Waals surface area contributed by atoms with Crippen molar-refractivity contribution in [1.29, 1.82) is 0 Å². The number of hydrogen-bond donors (Lipinski definition) is 3. The molecule has 1 aromatic carbocycles. The number of aromatic amines is 1. The lowest BCUT2D eigenvalue weighted by atomic mass is 9.96. The molecule has 2 aromatic heterocycles. The largest absolute Gasteiger partial charge is 0.346 e. The lowest BCUT2D eigenvalue weighted by Gasteiger charge is -2.14. The SMILES string of the molecule is CCc1cc(NS(=O)(=O)C2CC2)ccc1-c1cc(NC(=O)C2CC2)nc2[nH]ccc12. The monoisotopic (exact) mass is 424 g/mol. The molecule has 7 nitrogen and oxygen atoms in total. The lowest BCUT2D eigenvalue weighted by molar-refractivity contribution is -0.117. The zero-order valence-corrected chi connectivity index (χ0v) is 17.6. The Kier molecular flexibility index (Phi) is 4.54. The number of benzene rings is 1. The van der Waals surface area contributed by atoms with Gasteiger partial charge in [-0.2, -0.15) is 0 Å². The molecule has 1 amide bonds. The van der Waals surface area contributed by atoms with Crippen LogP contribution in [0.4, 0.5) is 11.5 Å². The minimum atomic E-state index is -3.30. The van der Waals surface area contributed by atoms with Gasteiger partial charge in [-0.15, -0.1) is 0 Å². The van der Waals surface area contributed by atoms with E-state index in [4.69, 9.17) is 0 Å².